The van der Waals surface area contributed by atoms with E-state index in [0.717, 1.165) is 0 Å². The van der Waals surface area contributed by atoms with Crippen LogP contribution in [0, 0.1) is 0 Å². The SMILES string of the molecule is COCC(CNC(=O)c1ccnc(C(=O)O)c1)OC. The predicted octanol–water partition coefficient (Wildman–Crippen LogP) is 0.171. The number of aromatic nitrogens is 1. The molecule has 1 rings (SSSR count). The van der Waals surface area contributed by atoms with Gasteiger partial charge in [0.2, 0.25) is 0 Å². The average molecular weight is 268 g/mol. The molecular weight excluding hydrogens is 252 g/mol. The molecule has 0 spiro atoms. The fourth-order valence-electron chi connectivity index (χ4n) is 1.39. The van der Waals surface area contributed by atoms with Gasteiger partial charge in [-0.15, -0.1) is 0 Å². The Kier molecular flexibility index (Phi) is 5.91. The second kappa shape index (κ2) is 7.45. The molecule has 1 aromatic rings. The van der Waals surface area contributed by atoms with E-state index in [2.05, 4.69) is 10.3 Å². The number of carbonyl (C=O) groups is 2. The molecular formula is C12H16N2O5. The average Bonchev–Trinajstić information content (AvgIpc) is 2.43. The summed E-state index contributed by atoms with van der Waals surface area (Å²) in [6.07, 6.45) is 1.02. The molecule has 7 nitrogen and oxygen atoms in total. The van der Waals surface area contributed by atoms with E-state index in [4.69, 9.17) is 14.6 Å². The number of aromatic carboxylic acids is 1. The summed E-state index contributed by atoms with van der Waals surface area (Å²) in [7, 11) is 3.06. The summed E-state index contributed by atoms with van der Waals surface area (Å²) in [5.74, 6) is -1.56. The Bertz CT molecular complexity index is 450. The lowest BCUT2D eigenvalue weighted by atomic mass is 10.2. The normalized spacial score (nSPS) is 11.9. The van der Waals surface area contributed by atoms with Gasteiger partial charge in [0.15, 0.2) is 0 Å². The Hall–Kier alpha value is -1.99. The first kappa shape index (κ1) is 15.1. The third-order valence-electron chi connectivity index (χ3n) is 2.42. The lowest BCUT2D eigenvalue weighted by Crippen LogP contribution is -2.35. The maximum atomic E-state index is 11.8. The molecule has 2 N–H and O–H groups in total. The van der Waals surface area contributed by atoms with Crippen molar-refractivity contribution in [1.29, 1.82) is 0 Å². The van der Waals surface area contributed by atoms with Crippen molar-refractivity contribution in [2.75, 3.05) is 27.4 Å². The number of carboxylic acids is 1. The van der Waals surface area contributed by atoms with Crippen LogP contribution in [0.15, 0.2) is 18.3 Å². The molecule has 0 radical (unpaired) electrons. The van der Waals surface area contributed by atoms with E-state index in [9.17, 15) is 9.59 Å². The molecule has 0 aliphatic carbocycles. The lowest BCUT2D eigenvalue weighted by Gasteiger charge is -2.14. The van der Waals surface area contributed by atoms with Crippen molar-refractivity contribution in [3.63, 3.8) is 0 Å². The summed E-state index contributed by atoms with van der Waals surface area (Å²) in [4.78, 5) is 26.2. The Morgan fingerprint density at radius 1 is 1.47 bits per heavy atom. The number of amides is 1. The summed E-state index contributed by atoms with van der Waals surface area (Å²) in [6.45, 7) is 0.626. The number of nitrogens with zero attached hydrogens (tertiary/aromatic N) is 1. The molecule has 1 unspecified atom stereocenters. The molecule has 104 valence electrons. The van der Waals surface area contributed by atoms with Crippen LogP contribution >= 0.6 is 0 Å². The van der Waals surface area contributed by atoms with Crippen LogP contribution in [0.2, 0.25) is 0 Å². The molecule has 1 aromatic heterocycles. The van der Waals surface area contributed by atoms with Gasteiger partial charge in [0, 0.05) is 32.5 Å². The Morgan fingerprint density at radius 3 is 2.79 bits per heavy atom. The summed E-state index contributed by atoms with van der Waals surface area (Å²) < 4.78 is 10.0. The van der Waals surface area contributed by atoms with E-state index in [1.54, 1.807) is 0 Å². The molecule has 0 aliphatic heterocycles. The van der Waals surface area contributed by atoms with Crippen LogP contribution in [0.3, 0.4) is 0 Å². The zero-order valence-electron chi connectivity index (χ0n) is 10.8. The number of methoxy groups -OCH3 is 2. The molecule has 0 saturated heterocycles. The maximum absolute atomic E-state index is 11.8. The maximum Gasteiger partial charge on any atom is 0.354 e. The number of pyridine rings is 1. The smallest absolute Gasteiger partial charge is 0.354 e. The van der Waals surface area contributed by atoms with Crippen molar-refractivity contribution in [3.8, 4) is 0 Å². The van der Waals surface area contributed by atoms with Crippen molar-refractivity contribution in [3.05, 3.63) is 29.6 Å². The lowest BCUT2D eigenvalue weighted by molar-refractivity contribution is 0.0285. The molecule has 19 heavy (non-hydrogen) atoms. The highest BCUT2D eigenvalue weighted by Gasteiger charge is 2.13. The summed E-state index contributed by atoms with van der Waals surface area (Å²) >= 11 is 0. The zero-order valence-corrected chi connectivity index (χ0v) is 10.8. The number of nitrogens with one attached hydrogen (secondary N) is 1. The molecule has 0 fully saturated rings. The predicted molar refractivity (Wildman–Crippen MR) is 66.2 cm³/mol. The summed E-state index contributed by atoms with van der Waals surface area (Å²) in [5.41, 5.74) is 0.0625. The summed E-state index contributed by atoms with van der Waals surface area (Å²) in [6, 6.07) is 2.66. The van der Waals surface area contributed by atoms with Crippen LogP contribution in [-0.4, -0.2) is 55.4 Å². The topological polar surface area (TPSA) is 97.8 Å². The second-order valence-corrected chi connectivity index (χ2v) is 3.76. The number of carboxylic acid groups (broad SMARTS) is 1. The number of ether oxygens (including phenoxy) is 2. The minimum atomic E-state index is -1.18. The van der Waals surface area contributed by atoms with E-state index in [1.807, 2.05) is 0 Å². The van der Waals surface area contributed by atoms with E-state index >= 15 is 0 Å². The van der Waals surface area contributed by atoms with E-state index in [-0.39, 0.29) is 29.8 Å². The van der Waals surface area contributed by atoms with Gasteiger partial charge in [-0.25, -0.2) is 9.78 Å². The Labute approximate surface area is 110 Å². The van der Waals surface area contributed by atoms with Crippen LogP contribution in [-0.2, 0) is 9.47 Å². The van der Waals surface area contributed by atoms with Crippen LogP contribution in [0.1, 0.15) is 20.8 Å². The minimum absolute atomic E-state index is 0.173. The first-order valence-corrected chi connectivity index (χ1v) is 5.57. The second-order valence-electron chi connectivity index (χ2n) is 3.76. The Morgan fingerprint density at radius 2 is 2.21 bits per heavy atom. The highest BCUT2D eigenvalue weighted by molar-refractivity contribution is 5.96. The van der Waals surface area contributed by atoms with Crippen molar-refractivity contribution in [2.24, 2.45) is 0 Å². The third-order valence-corrected chi connectivity index (χ3v) is 2.42. The van der Waals surface area contributed by atoms with Gasteiger partial charge in [-0.2, -0.15) is 0 Å². The van der Waals surface area contributed by atoms with Crippen molar-refractivity contribution < 1.29 is 24.2 Å². The molecule has 1 atom stereocenters. The molecule has 0 aromatic carbocycles. The zero-order chi connectivity index (χ0) is 14.3. The number of hydrogen-bond acceptors (Lipinski definition) is 5. The molecule has 0 bridgehead atoms. The van der Waals surface area contributed by atoms with E-state index in [1.165, 1.54) is 32.5 Å². The number of carbonyl (C=O) groups excluding carboxylic acids is 1. The molecule has 0 aliphatic rings. The third kappa shape index (κ3) is 4.65. The number of hydrogen-bond donors (Lipinski definition) is 2. The summed E-state index contributed by atoms with van der Waals surface area (Å²) in [5, 5.41) is 11.4. The van der Waals surface area contributed by atoms with Gasteiger partial charge in [-0.3, -0.25) is 4.79 Å². The van der Waals surface area contributed by atoms with Crippen LogP contribution in [0.25, 0.3) is 0 Å². The van der Waals surface area contributed by atoms with Crippen molar-refractivity contribution in [2.45, 2.75) is 6.10 Å². The fourth-order valence-corrected chi connectivity index (χ4v) is 1.39. The van der Waals surface area contributed by atoms with Crippen LogP contribution < -0.4 is 5.32 Å². The van der Waals surface area contributed by atoms with Crippen molar-refractivity contribution >= 4 is 11.9 Å². The van der Waals surface area contributed by atoms with Gasteiger partial charge in [0.25, 0.3) is 5.91 Å². The first-order valence-electron chi connectivity index (χ1n) is 5.57. The monoisotopic (exact) mass is 268 g/mol. The minimum Gasteiger partial charge on any atom is -0.477 e. The highest BCUT2D eigenvalue weighted by atomic mass is 16.5. The van der Waals surface area contributed by atoms with Gasteiger partial charge in [-0.05, 0) is 12.1 Å². The largest absolute Gasteiger partial charge is 0.477 e. The van der Waals surface area contributed by atoms with Gasteiger partial charge >= 0.3 is 5.97 Å². The number of rotatable bonds is 7. The fraction of sp³-hybridized carbons (Fsp3) is 0.417. The molecule has 1 amide bonds. The van der Waals surface area contributed by atoms with Crippen LogP contribution in [0.4, 0.5) is 0 Å². The van der Waals surface area contributed by atoms with Gasteiger partial charge in [0.05, 0.1) is 12.7 Å². The molecule has 1 heterocycles. The quantitative estimate of drug-likeness (QED) is 0.731. The van der Waals surface area contributed by atoms with Gasteiger partial charge in [0.1, 0.15) is 5.69 Å². The standard InChI is InChI=1S/C12H16N2O5/c1-18-7-9(19-2)6-14-11(15)8-3-4-13-10(5-8)12(16)17/h3-5,9H,6-7H2,1-2H3,(H,14,15)(H,16,17). The first-order chi connectivity index (χ1) is 9.08. The van der Waals surface area contributed by atoms with Gasteiger partial charge in [-0.1, -0.05) is 0 Å². The van der Waals surface area contributed by atoms with Gasteiger partial charge < -0.3 is 19.9 Å². The van der Waals surface area contributed by atoms with Crippen molar-refractivity contribution in [1.82, 2.24) is 10.3 Å². The van der Waals surface area contributed by atoms with E-state index < -0.39 is 5.97 Å². The molecule has 0 saturated carbocycles. The molecule has 7 heteroatoms. The highest BCUT2D eigenvalue weighted by Crippen LogP contribution is 2.02. The Balaban J connectivity index is 2.62. The van der Waals surface area contributed by atoms with Crippen LogP contribution in [0.5, 0.6) is 0 Å². The van der Waals surface area contributed by atoms with E-state index in [0.29, 0.717) is 6.61 Å².